The van der Waals surface area contributed by atoms with Crippen LogP contribution in [0.4, 0.5) is 22.0 Å². The molecule has 7 nitrogen and oxygen atoms in total. The molecule has 1 atom stereocenters. The average molecular weight is 527 g/mol. The third-order valence-electron chi connectivity index (χ3n) is 5.15. The lowest BCUT2D eigenvalue weighted by Crippen LogP contribution is -2.25. The van der Waals surface area contributed by atoms with Gasteiger partial charge in [-0.15, -0.1) is 11.3 Å². The van der Waals surface area contributed by atoms with Crippen molar-refractivity contribution in [3.05, 3.63) is 63.5 Å². The third kappa shape index (κ3) is 5.61. The van der Waals surface area contributed by atoms with Gasteiger partial charge in [-0.25, -0.2) is 33.3 Å². The lowest BCUT2D eigenvalue weighted by Gasteiger charge is -2.16. The molecule has 2 aromatic heterocycles. The molecule has 3 rings (SSSR count). The first-order valence-electron chi connectivity index (χ1n) is 10.3. The first-order chi connectivity index (χ1) is 16.6. The number of aromatic nitrogens is 3. The second kappa shape index (κ2) is 9.80. The van der Waals surface area contributed by atoms with Crippen LogP contribution in [0.5, 0.6) is 0 Å². The van der Waals surface area contributed by atoms with E-state index < -0.39 is 46.7 Å². The number of carbonyl (C=O) groups is 2. The minimum Gasteiger partial charge on any atom is -0.465 e. The number of nitrogens with zero attached hydrogens (tertiary/aromatic N) is 4. The summed E-state index contributed by atoms with van der Waals surface area (Å²) in [5.74, 6) is -5.27. The van der Waals surface area contributed by atoms with Crippen LogP contribution in [0.15, 0.2) is 30.6 Å². The minimum atomic E-state index is -4.95. The molecule has 0 bridgehead atoms. The monoisotopic (exact) mass is 527 g/mol. The van der Waals surface area contributed by atoms with Crippen molar-refractivity contribution < 1.29 is 40.9 Å². The molecular weight excluding hydrogens is 507 g/mol. The molecule has 0 aliphatic heterocycles. The van der Waals surface area contributed by atoms with Crippen molar-refractivity contribution in [2.24, 2.45) is 0 Å². The zero-order chi connectivity index (χ0) is 27.0. The van der Waals surface area contributed by atoms with Crippen molar-refractivity contribution in [3.8, 4) is 10.7 Å². The lowest BCUT2D eigenvalue weighted by atomic mass is 10.0. The number of hydrogen-bond donors (Lipinski definition) is 0. The SMILES string of the molecule is C=[N+](C(=O)c1cc(C(C)(F)F)cc(C(F)(F)F)c1)C(C)c1nc(C)cnc1-c1ncc(C(=O)OC)s1. The zero-order valence-corrected chi connectivity index (χ0v) is 20.3. The van der Waals surface area contributed by atoms with Gasteiger partial charge in [-0.05, 0) is 25.1 Å². The molecule has 0 aliphatic carbocycles. The predicted octanol–water partition coefficient (Wildman–Crippen LogP) is 5.44. The first kappa shape index (κ1) is 27.0. The van der Waals surface area contributed by atoms with Crippen LogP contribution in [0.25, 0.3) is 10.7 Å². The Labute approximate surface area is 206 Å². The van der Waals surface area contributed by atoms with Crippen LogP contribution in [-0.4, -0.2) is 45.2 Å². The lowest BCUT2D eigenvalue weighted by molar-refractivity contribution is -0.466. The number of methoxy groups -OCH3 is 1. The third-order valence-corrected chi connectivity index (χ3v) is 6.14. The zero-order valence-electron chi connectivity index (χ0n) is 19.5. The smallest absolute Gasteiger partial charge is 0.419 e. The van der Waals surface area contributed by atoms with Gasteiger partial charge in [0.15, 0.2) is 0 Å². The summed E-state index contributed by atoms with van der Waals surface area (Å²) in [6.45, 7) is 7.21. The number of hydrogen-bond acceptors (Lipinski definition) is 7. The summed E-state index contributed by atoms with van der Waals surface area (Å²) in [5.41, 5.74) is -2.11. The fourth-order valence-electron chi connectivity index (χ4n) is 3.19. The molecule has 0 fully saturated rings. The Hall–Kier alpha value is -3.61. The van der Waals surface area contributed by atoms with Gasteiger partial charge in [0.2, 0.25) is 6.04 Å². The van der Waals surface area contributed by atoms with Crippen molar-refractivity contribution in [1.29, 1.82) is 0 Å². The summed E-state index contributed by atoms with van der Waals surface area (Å²) in [7, 11) is 1.21. The van der Waals surface area contributed by atoms with E-state index in [1.807, 2.05) is 0 Å². The number of amides is 1. The quantitative estimate of drug-likeness (QED) is 0.184. The Morgan fingerprint density at radius 3 is 2.31 bits per heavy atom. The van der Waals surface area contributed by atoms with E-state index in [1.54, 1.807) is 6.92 Å². The molecule has 36 heavy (non-hydrogen) atoms. The van der Waals surface area contributed by atoms with E-state index in [4.69, 9.17) is 0 Å². The molecular formula is C23H20F5N4O3S+. The van der Waals surface area contributed by atoms with Gasteiger partial charge in [0.05, 0.1) is 30.1 Å². The highest BCUT2D eigenvalue weighted by Gasteiger charge is 2.38. The van der Waals surface area contributed by atoms with E-state index >= 15 is 0 Å². The van der Waals surface area contributed by atoms with Crippen molar-refractivity contribution in [3.63, 3.8) is 0 Å². The number of ether oxygens (including phenoxy) is 1. The van der Waals surface area contributed by atoms with Crippen LogP contribution in [0.3, 0.4) is 0 Å². The van der Waals surface area contributed by atoms with Crippen LogP contribution in [0.2, 0.25) is 0 Å². The molecule has 0 saturated carbocycles. The van der Waals surface area contributed by atoms with Crippen LogP contribution in [0.1, 0.15) is 62.4 Å². The number of carbonyl (C=O) groups excluding carboxylic acids is 2. The Balaban J connectivity index is 2.04. The maximum absolute atomic E-state index is 13.9. The van der Waals surface area contributed by atoms with E-state index in [1.165, 1.54) is 26.4 Å². The summed E-state index contributed by atoms with van der Waals surface area (Å²) >= 11 is 0.962. The molecule has 1 amide bonds. The molecule has 0 N–H and O–H groups in total. The normalized spacial score (nSPS) is 12.8. The Morgan fingerprint density at radius 2 is 1.72 bits per heavy atom. The van der Waals surface area contributed by atoms with Crippen molar-refractivity contribution in [2.75, 3.05) is 7.11 Å². The summed E-state index contributed by atoms with van der Waals surface area (Å²) < 4.78 is 73.3. The van der Waals surface area contributed by atoms with E-state index in [2.05, 4.69) is 26.4 Å². The van der Waals surface area contributed by atoms with Gasteiger partial charge in [-0.2, -0.15) is 17.7 Å². The van der Waals surface area contributed by atoms with Gasteiger partial charge in [0.25, 0.3) is 5.92 Å². The summed E-state index contributed by atoms with van der Waals surface area (Å²) in [6, 6.07) is 0.536. The molecule has 0 aliphatic rings. The Morgan fingerprint density at radius 1 is 1.08 bits per heavy atom. The summed E-state index contributed by atoms with van der Waals surface area (Å²) in [6.07, 6.45) is -2.24. The van der Waals surface area contributed by atoms with Gasteiger partial charge in [0, 0.05) is 25.6 Å². The second-order valence-corrected chi connectivity index (χ2v) is 8.93. The minimum absolute atomic E-state index is 0.188. The van der Waals surface area contributed by atoms with Crippen molar-refractivity contribution in [1.82, 2.24) is 15.0 Å². The number of halogens is 5. The highest BCUT2D eigenvalue weighted by molar-refractivity contribution is 7.16. The van der Waals surface area contributed by atoms with Gasteiger partial charge in [-0.3, -0.25) is 0 Å². The number of alkyl halides is 5. The fourth-order valence-corrected chi connectivity index (χ4v) is 4.03. The highest BCUT2D eigenvalue weighted by Crippen LogP contribution is 2.36. The number of aryl methyl sites for hydroxylation is 1. The van der Waals surface area contributed by atoms with Crippen LogP contribution in [0, 0.1) is 6.92 Å². The standard InChI is InChI=1S/C23H20F5N4O3S/c1-11-9-29-18(19-30-10-16(36-19)21(34)35-5)17(31-11)12(2)32(4)20(33)13-6-14(22(3,24)25)8-15(7-13)23(26,27)28/h6-10,12H,4H2,1-3,5H3/q+1. The van der Waals surface area contributed by atoms with Crippen LogP contribution in [-0.2, 0) is 16.8 Å². The Kier molecular flexibility index (Phi) is 7.35. The van der Waals surface area contributed by atoms with Gasteiger partial charge in [-0.1, -0.05) is 0 Å². The molecule has 1 aromatic carbocycles. The topological polar surface area (TPSA) is 85.0 Å². The van der Waals surface area contributed by atoms with Crippen molar-refractivity contribution in [2.45, 2.75) is 38.9 Å². The van der Waals surface area contributed by atoms with E-state index in [9.17, 15) is 31.5 Å². The molecule has 13 heteroatoms. The number of esters is 1. The van der Waals surface area contributed by atoms with E-state index in [0.717, 1.165) is 15.9 Å². The maximum atomic E-state index is 13.9. The van der Waals surface area contributed by atoms with E-state index in [-0.39, 0.29) is 21.3 Å². The molecule has 0 spiro atoms. The highest BCUT2D eigenvalue weighted by atomic mass is 32.1. The Bertz CT molecular complexity index is 1320. The first-order valence-corrected chi connectivity index (χ1v) is 11.1. The molecule has 3 aromatic rings. The molecule has 1 unspecified atom stereocenters. The maximum Gasteiger partial charge on any atom is 0.419 e. The molecule has 0 radical (unpaired) electrons. The molecule has 190 valence electrons. The van der Waals surface area contributed by atoms with Crippen LogP contribution >= 0.6 is 11.3 Å². The summed E-state index contributed by atoms with van der Waals surface area (Å²) in [5, 5.41) is 0.276. The fraction of sp³-hybridized carbons (Fsp3) is 0.304. The molecule has 2 heterocycles. The average Bonchev–Trinajstić information content (AvgIpc) is 3.30. The van der Waals surface area contributed by atoms with E-state index in [0.29, 0.717) is 30.8 Å². The second-order valence-electron chi connectivity index (χ2n) is 7.90. The predicted molar refractivity (Wildman–Crippen MR) is 120 cm³/mol. The largest absolute Gasteiger partial charge is 0.465 e. The summed E-state index contributed by atoms with van der Waals surface area (Å²) in [4.78, 5) is 37.9. The van der Waals surface area contributed by atoms with Crippen LogP contribution < -0.4 is 0 Å². The van der Waals surface area contributed by atoms with Gasteiger partial charge in [0.1, 0.15) is 28.0 Å². The number of rotatable bonds is 6. The number of benzene rings is 1. The van der Waals surface area contributed by atoms with Gasteiger partial charge < -0.3 is 4.74 Å². The van der Waals surface area contributed by atoms with Gasteiger partial charge >= 0.3 is 18.1 Å². The van der Waals surface area contributed by atoms with Crippen molar-refractivity contribution >= 4 is 29.9 Å². The molecule has 0 saturated heterocycles. The number of thiazole rings is 1.